The molecular formula is C20H24N2O2. The molecular weight excluding hydrogens is 300 g/mol. The lowest BCUT2D eigenvalue weighted by atomic mass is 9.98. The van der Waals surface area contributed by atoms with E-state index in [9.17, 15) is 4.79 Å². The summed E-state index contributed by atoms with van der Waals surface area (Å²) in [5.74, 6) is 0.653. The lowest BCUT2D eigenvalue weighted by Crippen LogP contribution is -2.44. The number of anilines is 2. The molecule has 1 heterocycles. The second kappa shape index (κ2) is 6.95. The van der Waals surface area contributed by atoms with Crippen molar-refractivity contribution in [3.8, 4) is 5.75 Å². The van der Waals surface area contributed by atoms with Gasteiger partial charge in [-0.1, -0.05) is 29.8 Å². The summed E-state index contributed by atoms with van der Waals surface area (Å²) >= 11 is 0. The number of rotatable bonds is 4. The van der Waals surface area contributed by atoms with Crippen molar-refractivity contribution in [2.24, 2.45) is 0 Å². The van der Waals surface area contributed by atoms with E-state index in [1.165, 1.54) is 16.8 Å². The number of fused-ring (bicyclic) bond motifs is 1. The number of nitrogens with zero attached hydrogens (tertiary/aromatic N) is 1. The number of hydrogen-bond acceptors (Lipinski definition) is 3. The molecule has 2 aromatic rings. The second-order valence-corrected chi connectivity index (χ2v) is 6.29. The van der Waals surface area contributed by atoms with Gasteiger partial charge in [0.15, 0.2) is 0 Å². The zero-order valence-corrected chi connectivity index (χ0v) is 14.5. The molecule has 0 saturated heterocycles. The van der Waals surface area contributed by atoms with Crippen LogP contribution in [-0.4, -0.2) is 25.6 Å². The van der Waals surface area contributed by atoms with Crippen molar-refractivity contribution >= 4 is 17.3 Å². The van der Waals surface area contributed by atoms with Gasteiger partial charge >= 0.3 is 0 Å². The van der Waals surface area contributed by atoms with Gasteiger partial charge < -0.3 is 15.0 Å². The molecule has 0 aliphatic carbocycles. The number of amides is 1. The Kier molecular flexibility index (Phi) is 4.74. The van der Waals surface area contributed by atoms with Crippen molar-refractivity contribution in [1.29, 1.82) is 0 Å². The van der Waals surface area contributed by atoms with Crippen molar-refractivity contribution < 1.29 is 9.53 Å². The lowest BCUT2D eigenvalue weighted by Gasteiger charge is -2.35. The summed E-state index contributed by atoms with van der Waals surface area (Å²) in [4.78, 5) is 14.9. The third kappa shape index (κ3) is 3.23. The van der Waals surface area contributed by atoms with Crippen LogP contribution in [0.4, 0.5) is 11.4 Å². The number of para-hydroxylation sites is 2. The third-order valence-electron chi connectivity index (χ3n) is 4.60. The quantitative estimate of drug-likeness (QED) is 0.930. The second-order valence-electron chi connectivity index (χ2n) is 6.29. The van der Waals surface area contributed by atoms with E-state index in [-0.39, 0.29) is 11.9 Å². The Morgan fingerprint density at radius 2 is 2.04 bits per heavy atom. The monoisotopic (exact) mass is 324 g/mol. The molecule has 4 nitrogen and oxygen atoms in total. The van der Waals surface area contributed by atoms with Crippen LogP contribution < -0.4 is 15.0 Å². The highest BCUT2D eigenvalue weighted by Gasteiger charge is 2.26. The smallest absolute Gasteiger partial charge is 0.246 e. The van der Waals surface area contributed by atoms with Crippen molar-refractivity contribution in [2.45, 2.75) is 32.7 Å². The first kappa shape index (κ1) is 16.4. The fourth-order valence-electron chi connectivity index (χ4n) is 3.28. The Morgan fingerprint density at radius 3 is 2.83 bits per heavy atom. The number of aryl methyl sites for hydroxylation is 2. The normalized spacial score (nSPS) is 14.7. The molecule has 0 saturated carbocycles. The molecule has 0 bridgehead atoms. The van der Waals surface area contributed by atoms with Crippen LogP contribution in [0.1, 0.15) is 24.5 Å². The van der Waals surface area contributed by atoms with E-state index in [0.717, 1.165) is 19.4 Å². The van der Waals surface area contributed by atoms with Gasteiger partial charge in [0.1, 0.15) is 11.8 Å². The van der Waals surface area contributed by atoms with Crippen molar-refractivity contribution in [1.82, 2.24) is 0 Å². The summed E-state index contributed by atoms with van der Waals surface area (Å²) in [5.41, 5.74) is 4.48. The Balaban J connectivity index is 1.80. The molecule has 0 unspecified atom stereocenters. The minimum Gasteiger partial charge on any atom is -0.495 e. The molecule has 24 heavy (non-hydrogen) atoms. The number of methoxy groups -OCH3 is 1. The maximum atomic E-state index is 12.7. The van der Waals surface area contributed by atoms with E-state index >= 15 is 0 Å². The van der Waals surface area contributed by atoms with Gasteiger partial charge in [-0.05, 0) is 50.5 Å². The lowest BCUT2D eigenvalue weighted by molar-refractivity contribution is -0.117. The first-order valence-corrected chi connectivity index (χ1v) is 8.40. The van der Waals surface area contributed by atoms with Gasteiger partial charge in [-0.2, -0.15) is 0 Å². The molecule has 126 valence electrons. The predicted molar refractivity (Wildman–Crippen MR) is 97.9 cm³/mol. The zero-order chi connectivity index (χ0) is 17.1. The largest absolute Gasteiger partial charge is 0.495 e. The van der Waals surface area contributed by atoms with Crippen LogP contribution >= 0.6 is 0 Å². The Hall–Kier alpha value is -2.49. The third-order valence-corrected chi connectivity index (χ3v) is 4.60. The Bertz CT molecular complexity index is 742. The average Bonchev–Trinajstić information content (AvgIpc) is 2.60. The van der Waals surface area contributed by atoms with Gasteiger partial charge in [-0.15, -0.1) is 0 Å². The fourth-order valence-corrected chi connectivity index (χ4v) is 3.28. The summed E-state index contributed by atoms with van der Waals surface area (Å²) in [6.45, 7) is 4.97. The van der Waals surface area contributed by atoms with Gasteiger partial charge in [0, 0.05) is 12.2 Å². The number of benzene rings is 2. The minimum absolute atomic E-state index is 0.0204. The van der Waals surface area contributed by atoms with E-state index in [0.29, 0.717) is 11.4 Å². The Labute approximate surface area is 143 Å². The van der Waals surface area contributed by atoms with Crippen molar-refractivity contribution in [2.75, 3.05) is 23.9 Å². The minimum atomic E-state index is -0.239. The maximum Gasteiger partial charge on any atom is 0.246 e. The van der Waals surface area contributed by atoms with Crippen molar-refractivity contribution in [3.05, 3.63) is 53.6 Å². The first-order chi connectivity index (χ1) is 11.6. The number of hydrogen-bond donors (Lipinski definition) is 1. The number of carbonyl (C=O) groups is 1. The van der Waals surface area contributed by atoms with Crippen LogP contribution in [-0.2, 0) is 11.2 Å². The summed E-state index contributed by atoms with van der Waals surface area (Å²) in [6, 6.07) is 13.7. The van der Waals surface area contributed by atoms with Crippen LogP contribution in [0.25, 0.3) is 0 Å². The Morgan fingerprint density at radius 1 is 1.25 bits per heavy atom. The van der Waals surface area contributed by atoms with E-state index in [1.807, 2.05) is 31.2 Å². The molecule has 1 atom stereocenters. The van der Waals surface area contributed by atoms with E-state index < -0.39 is 0 Å². The highest BCUT2D eigenvalue weighted by Crippen LogP contribution is 2.30. The summed E-state index contributed by atoms with van der Waals surface area (Å²) < 4.78 is 5.31. The summed E-state index contributed by atoms with van der Waals surface area (Å²) in [5, 5.41) is 3.00. The number of ether oxygens (including phenoxy) is 1. The molecule has 1 amide bonds. The highest BCUT2D eigenvalue weighted by molar-refractivity contribution is 5.98. The molecule has 2 aromatic carbocycles. The molecule has 0 spiro atoms. The predicted octanol–water partition coefficient (Wildman–Crippen LogP) is 3.78. The molecule has 1 N–H and O–H groups in total. The maximum absolute atomic E-state index is 12.7. The SMILES string of the molecule is COc1ccccc1NC(=O)[C@H](C)N1CCCc2cc(C)ccc21. The fraction of sp³-hybridized carbons (Fsp3) is 0.350. The molecule has 0 fully saturated rings. The average molecular weight is 324 g/mol. The van der Waals surface area contributed by atoms with Crippen LogP contribution in [0.2, 0.25) is 0 Å². The summed E-state index contributed by atoms with van der Waals surface area (Å²) in [6.07, 6.45) is 2.15. The van der Waals surface area contributed by atoms with E-state index in [4.69, 9.17) is 4.74 Å². The first-order valence-electron chi connectivity index (χ1n) is 8.40. The van der Waals surface area contributed by atoms with E-state index in [1.54, 1.807) is 7.11 Å². The molecule has 3 rings (SSSR count). The standard InChI is InChI=1S/C20H24N2O2/c1-14-10-11-18-16(13-14)7-6-12-22(18)15(2)20(23)21-17-8-4-5-9-19(17)24-3/h4-5,8-11,13,15H,6-7,12H2,1-3H3,(H,21,23)/t15-/m0/s1. The van der Waals surface area contributed by atoms with E-state index in [2.05, 4.69) is 35.3 Å². The highest BCUT2D eigenvalue weighted by atomic mass is 16.5. The van der Waals surface area contributed by atoms with Crippen LogP contribution in [0.5, 0.6) is 5.75 Å². The van der Waals surface area contributed by atoms with Crippen molar-refractivity contribution in [3.63, 3.8) is 0 Å². The molecule has 4 heteroatoms. The topological polar surface area (TPSA) is 41.6 Å². The van der Waals surface area contributed by atoms with Crippen LogP contribution in [0.15, 0.2) is 42.5 Å². The van der Waals surface area contributed by atoms with Crippen LogP contribution in [0, 0.1) is 6.92 Å². The number of nitrogens with one attached hydrogen (secondary N) is 1. The molecule has 0 aromatic heterocycles. The van der Waals surface area contributed by atoms with Gasteiger partial charge in [-0.25, -0.2) is 0 Å². The zero-order valence-electron chi connectivity index (χ0n) is 14.5. The van der Waals surface area contributed by atoms with Crippen LogP contribution in [0.3, 0.4) is 0 Å². The van der Waals surface area contributed by atoms with Gasteiger partial charge in [0.2, 0.25) is 5.91 Å². The van der Waals surface area contributed by atoms with Gasteiger partial charge in [0.05, 0.1) is 12.8 Å². The van der Waals surface area contributed by atoms with Gasteiger partial charge in [-0.3, -0.25) is 4.79 Å². The number of carbonyl (C=O) groups excluding carboxylic acids is 1. The molecule has 1 aliphatic rings. The molecule has 0 radical (unpaired) electrons. The molecule has 1 aliphatic heterocycles. The summed E-state index contributed by atoms with van der Waals surface area (Å²) in [7, 11) is 1.61. The van der Waals surface area contributed by atoms with Gasteiger partial charge in [0.25, 0.3) is 0 Å².